The minimum Gasteiger partial charge on any atom is -0.466 e. The van der Waals surface area contributed by atoms with Gasteiger partial charge >= 0.3 is 0 Å². The molecule has 3 aromatic rings. The Balaban J connectivity index is 1.78. The molecule has 1 aromatic carbocycles. The van der Waals surface area contributed by atoms with Crippen molar-refractivity contribution in [1.82, 2.24) is 9.55 Å². The van der Waals surface area contributed by atoms with E-state index in [1.165, 1.54) is 0 Å². The molecule has 0 saturated carbocycles. The van der Waals surface area contributed by atoms with Crippen LogP contribution in [0.5, 0.6) is 0 Å². The number of carbonyl (C=O) groups excluding carboxylic acids is 1. The first-order chi connectivity index (χ1) is 13.6. The van der Waals surface area contributed by atoms with Crippen LogP contribution in [0.4, 0.5) is 0 Å². The van der Waals surface area contributed by atoms with E-state index in [4.69, 9.17) is 9.40 Å². The maximum absolute atomic E-state index is 13.2. The third-order valence-corrected chi connectivity index (χ3v) is 5.14. The van der Waals surface area contributed by atoms with Gasteiger partial charge in [0, 0.05) is 30.5 Å². The van der Waals surface area contributed by atoms with Gasteiger partial charge in [0.25, 0.3) is 0 Å². The Morgan fingerprint density at radius 1 is 1.14 bits per heavy atom. The summed E-state index contributed by atoms with van der Waals surface area (Å²) in [5.74, 6) is 2.52. The summed E-state index contributed by atoms with van der Waals surface area (Å²) in [4.78, 5) is 18.0. The van der Waals surface area contributed by atoms with Crippen LogP contribution in [0, 0.1) is 6.92 Å². The number of fused-ring (bicyclic) bond motifs is 2. The number of aromatic nitrogens is 2. The van der Waals surface area contributed by atoms with Crippen molar-refractivity contribution in [3.05, 3.63) is 76.3 Å². The smallest absolute Gasteiger partial charge is 0.212 e. The Morgan fingerprint density at radius 2 is 1.93 bits per heavy atom. The SMILES string of the molecule is CCCCn1c(CCc2ccc(C)o2)nc2c1C(=O)c1ccccc1/C2=N\O. The average molecular weight is 377 g/mol. The number of hydrogen-bond acceptors (Lipinski definition) is 5. The highest BCUT2D eigenvalue weighted by atomic mass is 16.4. The summed E-state index contributed by atoms with van der Waals surface area (Å²) in [6.45, 7) is 4.74. The predicted octanol–water partition coefficient (Wildman–Crippen LogP) is 4.14. The fraction of sp³-hybridized carbons (Fsp3) is 0.318. The first-order valence-electron chi connectivity index (χ1n) is 9.65. The lowest BCUT2D eigenvalue weighted by Gasteiger charge is -2.17. The van der Waals surface area contributed by atoms with Crippen molar-refractivity contribution in [2.24, 2.45) is 5.16 Å². The molecule has 0 unspecified atom stereocenters. The van der Waals surface area contributed by atoms with Gasteiger partial charge in [-0.1, -0.05) is 42.8 Å². The lowest BCUT2D eigenvalue weighted by atomic mass is 9.89. The molecule has 2 heterocycles. The van der Waals surface area contributed by atoms with E-state index in [1.807, 2.05) is 35.8 Å². The molecule has 6 heteroatoms. The minimum absolute atomic E-state index is 0.0679. The molecule has 1 aliphatic rings. The van der Waals surface area contributed by atoms with Crippen LogP contribution in [0.2, 0.25) is 0 Å². The van der Waals surface area contributed by atoms with Crippen molar-refractivity contribution in [2.45, 2.75) is 46.1 Å². The molecule has 4 rings (SSSR count). The third kappa shape index (κ3) is 3.05. The fourth-order valence-corrected chi connectivity index (χ4v) is 3.74. The van der Waals surface area contributed by atoms with Crippen molar-refractivity contribution in [3.8, 4) is 0 Å². The first-order valence-corrected chi connectivity index (χ1v) is 9.65. The second kappa shape index (κ2) is 7.46. The van der Waals surface area contributed by atoms with Gasteiger partial charge in [-0.15, -0.1) is 0 Å². The molecule has 144 valence electrons. The van der Waals surface area contributed by atoms with Gasteiger partial charge in [0.05, 0.1) is 0 Å². The quantitative estimate of drug-likeness (QED) is 0.404. The van der Waals surface area contributed by atoms with Gasteiger partial charge in [-0.05, 0) is 25.5 Å². The molecular formula is C22H23N3O3. The first kappa shape index (κ1) is 18.2. The van der Waals surface area contributed by atoms with Crippen LogP contribution < -0.4 is 0 Å². The average Bonchev–Trinajstić information content (AvgIpc) is 3.28. The van der Waals surface area contributed by atoms with Crippen LogP contribution in [0.3, 0.4) is 0 Å². The highest BCUT2D eigenvalue weighted by Crippen LogP contribution is 2.29. The zero-order chi connectivity index (χ0) is 19.7. The summed E-state index contributed by atoms with van der Waals surface area (Å²) in [6, 6.07) is 11.1. The van der Waals surface area contributed by atoms with Gasteiger partial charge in [0.1, 0.15) is 34.4 Å². The zero-order valence-electron chi connectivity index (χ0n) is 16.1. The monoisotopic (exact) mass is 377 g/mol. The standard InChI is InChI=1S/C22H23N3O3/c1-3-4-13-25-18(12-11-15-10-9-14(2)28-15)23-20-19(24-27)16-7-5-6-8-17(16)22(26)21(20)25/h5-10,27H,3-4,11-13H2,1-2H3/b24-19+. The zero-order valence-corrected chi connectivity index (χ0v) is 16.1. The van der Waals surface area contributed by atoms with Gasteiger partial charge in [-0.25, -0.2) is 4.98 Å². The number of benzene rings is 1. The van der Waals surface area contributed by atoms with E-state index in [9.17, 15) is 10.0 Å². The van der Waals surface area contributed by atoms with E-state index in [0.29, 0.717) is 47.6 Å². The molecule has 0 bridgehead atoms. The maximum Gasteiger partial charge on any atom is 0.212 e. The number of furan rings is 1. The normalized spacial score (nSPS) is 14.4. The molecule has 0 amide bonds. The molecule has 28 heavy (non-hydrogen) atoms. The molecule has 0 aliphatic heterocycles. The highest BCUT2D eigenvalue weighted by Gasteiger charge is 2.34. The van der Waals surface area contributed by atoms with Gasteiger partial charge in [0.2, 0.25) is 5.78 Å². The molecule has 1 N–H and O–H groups in total. The summed E-state index contributed by atoms with van der Waals surface area (Å²) in [6.07, 6.45) is 3.29. The van der Waals surface area contributed by atoms with Crippen molar-refractivity contribution >= 4 is 11.5 Å². The Kier molecular flexibility index (Phi) is 4.86. The molecule has 0 fully saturated rings. The Morgan fingerprint density at radius 3 is 2.61 bits per heavy atom. The second-order valence-corrected chi connectivity index (χ2v) is 7.07. The topological polar surface area (TPSA) is 80.6 Å². The molecule has 0 spiro atoms. The van der Waals surface area contributed by atoms with E-state index in [1.54, 1.807) is 12.1 Å². The molecule has 0 atom stereocenters. The summed E-state index contributed by atoms with van der Waals surface area (Å²) >= 11 is 0. The Labute approximate surface area is 163 Å². The predicted molar refractivity (Wildman–Crippen MR) is 105 cm³/mol. The summed E-state index contributed by atoms with van der Waals surface area (Å²) in [5.41, 5.74) is 2.51. The van der Waals surface area contributed by atoms with Crippen molar-refractivity contribution in [3.63, 3.8) is 0 Å². The Bertz CT molecular complexity index is 1060. The largest absolute Gasteiger partial charge is 0.466 e. The van der Waals surface area contributed by atoms with Crippen LogP contribution in [0.1, 0.15) is 64.4 Å². The van der Waals surface area contributed by atoms with E-state index < -0.39 is 0 Å². The third-order valence-electron chi connectivity index (χ3n) is 5.14. The van der Waals surface area contributed by atoms with E-state index >= 15 is 0 Å². The molecular weight excluding hydrogens is 354 g/mol. The van der Waals surface area contributed by atoms with Gasteiger partial charge < -0.3 is 14.2 Å². The number of oxime groups is 1. The number of nitrogens with zero attached hydrogens (tertiary/aromatic N) is 3. The number of rotatable bonds is 6. The van der Waals surface area contributed by atoms with Crippen LogP contribution in [-0.4, -0.2) is 26.3 Å². The van der Waals surface area contributed by atoms with Crippen molar-refractivity contribution in [2.75, 3.05) is 0 Å². The molecule has 1 aliphatic carbocycles. The van der Waals surface area contributed by atoms with Gasteiger partial charge in [-0.2, -0.15) is 0 Å². The molecule has 0 radical (unpaired) electrons. The summed E-state index contributed by atoms with van der Waals surface area (Å²) in [5, 5.41) is 13.2. The van der Waals surface area contributed by atoms with Gasteiger partial charge in [-0.3, -0.25) is 4.79 Å². The minimum atomic E-state index is -0.0679. The number of unbranched alkanes of at least 4 members (excludes halogenated alkanes) is 1. The van der Waals surface area contributed by atoms with Gasteiger partial charge in [0.15, 0.2) is 0 Å². The second-order valence-electron chi connectivity index (χ2n) is 7.07. The summed E-state index contributed by atoms with van der Waals surface area (Å²) in [7, 11) is 0. The fourth-order valence-electron chi connectivity index (χ4n) is 3.74. The highest BCUT2D eigenvalue weighted by molar-refractivity contribution is 6.28. The number of ketones is 1. The number of hydrogen-bond donors (Lipinski definition) is 1. The van der Waals surface area contributed by atoms with Crippen LogP contribution in [0.25, 0.3) is 0 Å². The van der Waals surface area contributed by atoms with E-state index in [-0.39, 0.29) is 5.78 Å². The summed E-state index contributed by atoms with van der Waals surface area (Å²) < 4.78 is 7.67. The lowest BCUT2D eigenvalue weighted by Crippen LogP contribution is -2.24. The number of aryl methyl sites for hydroxylation is 3. The molecule has 0 saturated heterocycles. The number of carbonyl (C=O) groups is 1. The Hall–Kier alpha value is -3.15. The van der Waals surface area contributed by atoms with Crippen LogP contribution in [0.15, 0.2) is 46.0 Å². The van der Waals surface area contributed by atoms with Crippen LogP contribution in [-0.2, 0) is 19.4 Å². The van der Waals surface area contributed by atoms with Crippen LogP contribution >= 0.6 is 0 Å². The molecule has 6 nitrogen and oxygen atoms in total. The van der Waals surface area contributed by atoms with E-state index in [2.05, 4.69) is 12.1 Å². The number of imidazole rings is 1. The lowest BCUT2D eigenvalue weighted by molar-refractivity contribution is 0.102. The maximum atomic E-state index is 13.2. The molecule has 2 aromatic heterocycles. The van der Waals surface area contributed by atoms with E-state index in [0.717, 1.165) is 30.2 Å². The van der Waals surface area contributed by atoms with Crippen molar-refractivity contribution < 1.29 is 14.4 Å². The van der Waals surface area contributed by atoms with Crippen molar-refractivity contribution in [1.29, 1.82) is 0 Å².